The van der Waals surface area contributed by atoms with Crippen LogP contribution in [0, 0.1) is 0 Å². The van der Waals surface area contributed by atoms with E-state index in [1.54, 1.807) is 0 Å². The molecule has 2 aliphatic rings. The van der Waals surface area contributed by atoms with Crippen LogP contribution in [0.15, 0.2) is 0 Å². The Bertz CT molecular complexity index is 283. The summed E-state index contributed by atoms with van der Waals surface area (Å²) in [7, 11) is 0. The maximum Gasteiger partial charge on any atom is 0.302 e. The second-order valence-electron chi connectivity index (χ2n) is 5.09. The summed E-state index contributed by atoms with van der Waals surface area (Å²) in [4.78, 5) is 10.8. The van der Waals surface area contributed by atoms with Crippen LogP contribution in [0.25, 0.3) is 0 Å². The predicted molar refractivity (Wildman–Crippen MR) is 54.6 cm³/mol. The number of esters is 1. The lowest BCUT2D eigenvalue weighted by Crippen LogP contribution is -2.35. The molecule has 3 atom stereocenters. The number of carbonyl (C=O) groups is 1. The van der Waals surface area contributed by atoms with Gasteiger partial charge < -0.3 is 18.9 Å². The molecule has 5 heteroatoms. The van der Waals surface area contributed by atoms with Gasteiger partial charge in [0, 0.05) is 13.3 Å². The van der Waals surface area contributed by atoms with E-state index in [9.17, 15) is 4.79 Å². The molecule has 16 heavy (non-hydrogen) atoms. The largest absolute Gasteiger partial charge is 0.463 e. The minimum Gasteiger partial charge on any atom is -0.463 e. The molecule has 0 aromatic rings. The lowest BCUT2D eigenvalue weighted by molar-refractivity contribution is -0.229. The lowest BCUT2D eigenvalue weighted by Gasteiger charge is -2.26. The van der Waals surface area contributed by atoms with E-state index in [1.807, 2.05) is 20.8 Å². The van der Waals surface area contributed by atoms with Crippen molar-refractivity contribution in [3.8, 4) is 0 Å². The molecule has 92 valence electrons. The Balaban J connectivity index is 1.92. The van der Waals surface area contributed by atoms with E-state index in [2.05, 4.69) is 0 Å². The van der Waals surface area contributed by atoms with E-state index in [0.717, 1.165) is 0 Å². The summed E-state index contributed by atoms with van der Waals surface area (Å²) in [5, 5.41) is 0. The highest BCUT2D eigenvalue weighted by atomic mass is 16.8. The first-order valence-electron chi connectivity index (χ1n) is 5.47. The van der Waals surface area contributed by atoms with Crippen LogP contribution >= 0.6 is 0 Å². The Kier molecular flexibility index (Phi) is 2.72. The van der Waals surface area contributed by atoms with Crippen LogP contribution in [0.4, 0.5) is 0 Å². The molecular weight excluding hydrogens is 212 g/mol. The molecule has 1 unspecified atom stereocenters. The van der Waals surface area contributed by atoms with E-state index >= 15 is 0 Å². The number of fused-ring (bicyclic) bond motifs is 1. The quantitative estimate of drug-likeness (QED) is 0.667. The number of carbonyl (C=O) groups excluding carboxylic acids is 1. The van der Waals surface area contributed by atoms with Gasteiger partial charge >= 0.3 is 5.97 Å². The van der Waals surface area contributed by atoms with Crippen molar-refractivity contribution in [2.24, 2.45) is 0 Å². The molecule has 0 aromatic heterocycles. The van der Waals surface area contributed by atoms with E-state index in [-0.39, 0.29) is 25.0 Å². The second-order valence-corrected chi connectivity index (χ2v) is 5.09. The summed E-state index contributed by atoms with van der Waals surface area (Å²) < 4.78 is 22.0. The van der Waals surface area contributed by atoms with E-state index < -0.39 is 11.4 Å². The Labute approximate surface area is 95.0 Å². The molecular formula is C11H18O5. The summed E-state index contributed by atoms with van der Waals surface area (Å²) in [5.74, 6) is -0.887. The number of hydrogen-bond donors (Lipinski definition) is 0. The molecule has 0 amide bonds. The molecule has 0 spiro atoms. The maximum absolute atomic E-state index is 10.8. The zero-order valence-corrected chi connectivity index (χ0v) is 10.1. The minimum atomic E-state index is -0.585. The van der Waals surface area contributed by atoms with Crippen molar-refractivity contribution < 1.29 is 23.7 Å². The highest BCUT2D eigenvalue weighted by Gasteiger charge is 2.53. The molecule has 2 saturated heterocycles. The predicted octanol–water partition coefficient (Wildman–Crippen LogP) is 1.21. The first kappa shape index (κ1) is 11.8. The average molecular weight is 230 g/mol. The van der Waals surface area contributed by atoms with Crippen molar-refractivity contribution >= 4 is 5.97 Å². The van der Waals surface area contributed by atoms with Crippen molar-refractivity contribution in [1.82, 2.24) is 0 Å². The maximum atomic E-state index is 10.8. The van der Waals surface area contributed by atoms with Gasteiger partial charge in [-0.2, -0.15) is 0 Å². The van der Waals surface area contributed by atoms with Crippen molar-refractivity contribution in [1.29, 1.82) is 0 Å². The number of rotatable bonds is 2. The number of ether oxygens (including phenoxy) is 4. The molecule has 0 saturated carbocycles. The van der Waals surface area contributed by atoms with Gasteiger partial charge in [-0.3, -0.25) is 4.79 Å². The summed E-state index contributed by atoms with van der Waals surface area (Å²) >= 11 is 0. The summed E-state index contributed by atoms with van der Waals surface area (Å²) in [5.41, 5.74) is -0.502. The van der Waals surface area contributed by atoms with Crippen LogP contribution in [0.5, 0.6) is 0 Å². The number of hydrogen-bond acceptors (Lipinski definition) is 5. The first-order chi connectivity index (χ1) is 7.30. The highest BCUT2D eigenvalue weighted by molar-refractivity contribution is 5.65. The average Bonchev–Trinajstić information content (AvgIpc) is 2.51. The van der Waals surface area contributed by atoms with Crippen LogP contribution in [0.3, 0.4) is 0 Å². The van der Waals surface area contributed by atoms with Crippen LogP contribution in [0.2, 0.25) is 0 Å². The standard InChI is InChI=1S/C11H18O5/c1-7(12)13-6-11(4)5-8-9(16-11)15-10(2,3)14-8/h8-9H,5-6H2,1-4H3/t8-,9+,11?/m1/s1. The molecule has 0 aromatic carbocycles. The molecule has 0 N–H and O–H groups in total. The fourth-order valence-corrected chi connectivity index (χ4v) is 2.14. The SMILES string of the molecule is CC(=O)OCC1(C)C[C@H]2OC(C)(C)O[C@H]2O1. The van der Waals surface area contributed by atoms with Gasteiger partial charge in [0.15, 0.2) is 12.1 Å². The third-order valence-electron chi connectivity index (χ3n) is 2.75. The Morgan fingerprint density at radius 2 is 2.00 bits per heavy atom. The van der Waals surface area contributed by atoms with Crippen molar-refractivity contribution in [2.45, 2.75) is 57.9 Å². The summed E-state index contributed by atoms with van der Waals surface area (Å²) in [6.45, 7) is 7.24. The minimum absolute atomic E-state index is 0.0736. The molecule has 0 radical (unpaired) electrons. The Morgan fingerprint density at radius 1 is 1.31 bits per heavy atom. The molecule has 0 bridgehead atoms. The summed E-state index contributed by atoms with van der Waals surface area (Å²) in [6, 6.07) is 0. The fraction of sp³-hybridized carbons (Fsp3) is 0.909. The zero-order chi connectivity index (χ0) is 12.0. The molecule has 5 nitrogen and oxygen atoms in total. The normalized spacial score (nSPS) is 40.8. The van der Waals surface area contributed by atoms with Crippen LogP contribution in [-0.2, 0) is 23.7 Å². The fourth-order valence-electron chi connectivity index (χ4n) is 2.14. The highest BCUT2D eigenvalue weighted by Crippen LogP contribution is 2.41. The molecule has 2 heterocycles. The molecule has 2 rings (SSSR count). The van der Waals surface area contributed by atoms with Gasteiger partial charge in [0.1, 0.15) is 18.3 Å². The van der Waals surface area contributed by atoms with Gasteiger partial charge in [-0.05, 0) is 20.8 Å². The monoisotopic (exact) mass is 230 g/mol. The zero-order valence-electron chi connectivity index (χ0n) is 10.1. The molecule has 2 fully saturated rings. The van der Waals surface area contributed by atoms with Gasteiger partial charge in [0.25, 0.3) is 0 Å². The molecule has 2 aliphatic heterocycles. The van der Waals surface area contributed by atoms with Crippen LogP contribution in [0.1, 0.15) is 34.1 Å². The van der Waals surface area contributed by atoms with E-state index in [4.69, 9.17) is 18.9 Å². The Morgan fingerprint density at radius 3 is 2.56 bits per heavy atom. The van der Waals surface area contributed by atoms with E-state index in [1.165, 1.54) is 6.92 Å². The summed E-state index contributed by atoms with van der Waals surface area (Å²) in [6.07, 6.45) is 0.250. The third kappa shape index (κ3) is 2.36. The van der Waals surface area contributed by atoms with E-state index in [0.29, 0.717) is 6.42 Å². The van der Waals surface area contributed by atoms with Crippen molar-refractivity contribution in [3.05, 3.63) is 0 Å². The van der Waals surface area contributed by atoms with Gasteiger partial charge in [-0.15, -0.1) is 0 Å². The third-order valence-corrected chi connectivity index (χ3v) is 2.75. The van der Waals surface area contributed by atoms with Gasteiger partial charge in [-0.1, -0.05) is 0 Å². The first-order valence-corrected chi connectivity index (χ1v) is 5.47. The lowest BCUT2D eigenvalue weighted by atomic mass is 10.0. The van der Waals surface area contributed by atoms with Gasteiger partial charge in [-0.25, -0.2) is 0 Å². The van der Waals surface area contributed by atoms with Crippen LogP contribution in [-0.4, -0.2) is 36.4 Å². The van der Waals surface area contributed by atoms with Crippen molar-refractivity contribution in [3.63, 3.8) is 0 Å². The van der Waals surface area contributed by atoms with Crippen molar-refractivity contribution in [2.75, 3.05) is 6.61 Å². The van der Waals surface area contributed by atoms with Gasteiger partial charge in [0.2, 0.25) is 0 Å². The second kappa shape index (κ2) is 3.68. The topological polar surface area (TPSA) is 54.0 Å². The van der Waals surface area contributed by atoms with Gasteiger partial charge in [0.05, 0.1) is 0 Å². The molecule has 0 aliphatic carbocycles. The van der Waals surface area contributed by atoms with Crippen LogP contribution < -0.4 is 0 Å². The smallest absolute Gasteiger partial charge is 0.302 e. The Hall–Kier alpha value is -0.650.